The number of unbranched alkanes of at least 4 members (excludes halogenated alkanes) is 13. The van der Waals surface area contributed by atoms with E-state index in [2.05, 4.69) is 32.5 Å². The highest BCUT2D eigenvalue weighted by molar-refractivity contribution is 8.01. The SMILES string of the molecule is CCCCCCCCCCCCCCCCS(=O)(=O)Nc1ccc(Cl)c(NC(=O)C(Sc2nnnn2-c2ccccc2)C(=O)c2c(C)c(C)n(C)c2C)c1. The zero-order valence-electron chi connectivity index (χ0n) is 32.4. The Labute approximate surface area is 330 Å². The van der Waals surface area contributed by atoms with Crippen molar-refractivity contribution in [1.82, 2.24) is 24.8 Å². The van der Waals surface area contributed by atoms with Crippen LogP contribution in [0.2, 0.25) is 5.02 Å². The Bertz CT molecular complexity index is 1900. The monoisotopic (exact) mass is 797 g/mol. The lowest BCUT2D eigenvalue weighted by Gasteiger charge is -2.17. The first kappa shape index (κ1) is 43.1. The largest absolute Gasteiger partial charge is 0.351 e. The van der Waals surface area contributed by atoms with Gasteiger partial charge in [0.25, 0.3) is 0 Å². The maximum absolute atomic E-state index is 14.3. The number of Topliss-reactive ketones (excluding diaryl/α,β-unsaturated/α-hetero) is 1. The van der Waals surface area contributed by atoms with Crippen molar-refractivity contribution in [3.63, 3.8) is 0 Å². The average Bonchev–Trinajstić information content (AvgIpc) is 3.69. The molecule has 14 heteroatoms. The van der Waals surface area contributed by atoms with Gasteiger partial charge in [-0.3, -0.25) is 14.3 Å². The highest BCUT2D eigenvalue weighted by Gasteiger charge is 2.35. The number of sulfonamides is 1. The minimum absolute atomic E-state index is 0.00606. The highest BCUT2D eigenvalue weighted by Crippen LogP contribution is 2.32. The van der Waals surface area contributed by atoms with Crippen molar-refractivity contribution < 1.29 is 18.0 Å². The fraction of sp³-hybridized carbons (Fsp3) is 0.525. The molecule has 2 aromatic heterocycles. The zero-order valence-corrected chi connectivity index (χ0v) is 34.8. The van der Waals surface area contributed by atoms with E-state index >= 15 is 0 Å². The lowest BCUT2D eigenvalue weighted by Crippen LogP contribution is -2.33. The van der Waals surface area contributed by atoms with Crippen LogP contribution in [0.3, 0.4) is 0 Å². The number of hydrogen-bond donors (Lipinski definition) is 2. The molecule has 0 saturated carbocycles. The van der Waals surface area contributed by atoms with Crippen LogP contribution in [0.15, 0.2) is 53.7 Å². The molecule has 0 aliphatic heterocycles. The molecule has 0 radical (unpaired) electrons. The lowest BCUT2D eigenvalue weighted by molar-refractivity contribution is -0.115. The maximum atomic E-state index is 14.3. The van der Waals surface area contributed by atoms with Gasteiger partial charge in [-0.2, -0.15) is 4.68 Å². The molecular weight excluding hydrogens is 742 g/mol. The van der Waals surface area contributed by atoms with E-state index in [-0.39, 0.29) is 27.3 Å². The number of carbonyl (C=O) groups excluding carboxylic acids is 2. The number of amides is 1. The van der Waals surface area contributed by atoms with Crippen LogP contribution in [0.4, 0.5) is 11.4 Å². The second-order valence-corrected chi connectivity index (χ2v) is 17.3. The van der Waals surface area contributed by atoms with Crippen LogP contribution in [0.25, 0.3) is 5.69 Å². The van der Waals surface area contributed by atoms with Crippen molar-refractivity contribution in [2.45, 2.75) is 128 Å². The summed E-state index contributed by atoms with van der Waals surface area (Å²) in [6.07, 6.45) is 16.6. The number of nitrogens with one attached hydrogen (secondary N) is 2. The number of rotatable bonds is 24. The van der Waals surface area contributed by atoms with E-state index < -0.39 is 27.0 Å². The molecule has 294 valence electrons. The fourth-order valence-electron chi connectivity index (χ4n) is 6.53. The Kier molecular flexibility index (Phi) is 17.1. The van der Waals surface area contributed by atoms with Gasteiger partial charge in [0, 0.05) is 24.0 Å². The zero-order chi connectivity index (χ0) is 39.1. The van der Waals surface area contributed by atoms with E-state index in [0.717, 1.165) is 48.0 Å². The van der Waals surface area contributed by atoms with Crippen LogP contribution < -0.4 is 10.0 Å². The third-order valence-electron chi connectivity index (χ3n) is 9.94. The molecule has 0 aliphatic carbocycles. The van der Waals surface area contributed by atoms with Gasteiger partial charge >= 0.3 is 0 Å². The third kappa shape index (κ3) is 12.4. The minimum atomic E-state index is -3.64. The standard InChI is InChI=1S/C40H56ClN7O4S2/c1-6-7-8-9-10-11-12-13-14-15-16-17-18-22-27-54(51,52)44-32-25-26-34(41)35(28-32)42-39(50)38(37(49)36-29(2)30(3)47(5)31(36)4)53-40-43-45-46-48(40)33-23-20-19-21-24-33/h19-21,23-26,28,38,44H,6-18,22,27H2,1-5H3,(H,42,50). The molecule has 2 heterocycles. The van der Waals surface area contributed by atoms with E-state index in [0.29, 0.717) is 17.7 Å². The molecule has 1 amide bonds. The van der Waals surface area contributed by atoms with Gasteiger partial charge in [-0.25, -0.2) is 8.42 Å². The van der Waals surface area contributed by atoms with E-state index in [4.69, 9.17) is 11.6 Å². The Morgan fingerprint density at radius 2 is 1.43 bits per heavy atom. The predicted octanol–water partition coefficient (Wildman–Crippen LogP) is 9.78. The summed E-state index contributed by atoms with van der Waals surface area (Å²) in [5, 5.41) is 13.9. The van der Waals surface area contributed by atoms with Gasteiger partial charge in [0.15, 0.2) is 11.0 Å². The lowest BCUT2D eigenvalue weighted by atomic mass is 10.0. The first-order chi connectivity index (χ1) is 25.9. The number of benzene rings is 2. The maximum Gasteiger partial charge on any atom is 0.245 e. The van der Waals surface area contributed by atoms with Crippen LogP contribution in [0.5, 0.6) is 0 Å². The van der Waals surface area contributed by atoms with Crippen molar-refractivity contribution in [3.05, 3.63) is 76.1 Å². The second-order valence-electron chi connectivity index (χ2n) is 14.0. The van der Waals surface area contributed by atoms with Crippen LogP contribution in [-0.2, 0) is 21.9 Å². The van der Waals surface area contributed by atoms with Gasteiger partial charge in [0.05, 0.1) is 27.8 Å². The summed E-state index contributed by atoms with van der Waals surface area (Å²) in [4.78, 5) is 28.4. The van der Waals surface area contributed by atoms with Crippen LogP contribution in [-0.4, -0.2) is 55.9 Å². The molecule has 11 nitrogen and oxygen atoms in total. The summed E-state index contributed by atoms with van der Waals surface area (Å²) < 4.78 is 32.0. The third-order valence-corrected chi connectivity index (χ3v) is 12.8. The molecule has 4 aromatic rings. The molecule has 4 rings (SSSR count). The molecule has 0 aliphatic rings. The summed E-state index contributed by atoms with van der Waals surface area (Å²) in [5.41, 5.74) is 3.94. The second kappa shape index (κ2) is 21.4. The molecule has 2 N–H and O–H groups in total. The van der Waals surface area contributed by atoms with Crippen molar-refractivity contribution in [3.8, 4) is 5.69 Å². The molecule has 0 fully saturated rings. The number of hydrogen-bond acceptors (Lipinski definition) is 8. The minimum Gasteiger partial charge on any atom is -0.351 e. The summed E-state index contributed by atoms with van der Waals surface area (Å²) in [7, 11) is -1.77. The normalized spacial score (nSPS) is 12.2. The highest BCUT2D eigenvalue weighted by atomic mass is 35.5. The van der Waals surface area contributed by atoms with Crippen LogP contribution >= 0.6 is 23.4 Å². The topological polar surface area (TPSA) is 141 Å². The number of para-hydroxylation sites is 1. The van der Waals surface area contributed by atoms with Gasteiger partial charge in [0.1, 0.15) is 0 Å². The van der Waals surface area contributed by atoms with E-state index in [1.807, 2.05) is 62.7 Å². The molecule has 2 aromatic carbocycles. The average molecular weight is 799 g/mol. The summed E-state index contributed by atoms with van der Waals surface area (Å²) in [6.45, 7) is 7.86. The number of tetrazole rings is 1. The van der Waals surface area contributed by atoms with Gasteiger partial charge in [0.2, 0.25) is 21.1 Å². The van der Waals surface area contributed by atoms with Crippen molar-refractivity contribution >= 4 is 56.5 Å². The fourth-order valence-corrected chi connectivity index (χ4v) is 8.80. The Morgan fingerprint density at radius 3 is 2.00 bits per heavy atom. The number of carbonyl (C=O) groups is 2. The van der Waals surface area contributed by atoms with Gasteiger partial charge in [-0.15, -0.1) is 5.10 Å². The Hall–Kier alpha value is -3.68. The number of anilines is 2. The van der Waals surface area contributed by atoms with Crippen molar-refractivity contribution in [2.75, 3.05) is 15.8 Å². The molecule has 0 saturated heterocycles. The molecule has 1 atom stereocenters. The number of halogens is 1. The van der Waals surface area contributed by atoms with Gasteiger partial charge < -0.3 is 9.88 Å². The predicted molar refractivity (Wildman–Crippen MR) is 221 cm³/mol. The number of aromatic nitrogens is 5. The van der Waals surface area contributed by atoms with Crippen LogP contribution in [0, 0.1) is 20.8 Å². The van der Waals surface area contributed by atoms with Crippen molar-refractivity contribution in [1.29, 1.82) is 0 Å². The number of ketones is 1. The van der Waals surface area contributed by atoms with Gasteiger partial charge in [-0.05, 0) is 73.5 Å². The Morgan fingerprint density at radius 1 is 0.833 bits per heavy atom. The Balaban J connectivity index is 1.36. The molecule has 54 heavy (non-hydrogen) atoms. The van der Waals surface area contributed by atoms with Crippen LogP contribution in [0.1, 0.15) is 124 Å². The number of thioether (sulfide) groups is 1. The van der Waals surface area contributed by atoms with Crippen molar-refractivity contribution in [2.24, 2.45) is 7.05 Å². The van der Waals surface area contributed by atoms with E-state index in [1.54, 1.807) is 6.07 Å². The molecule has 1 unspecified atom stereocenters. The first-order valence-electron chi connectivity index (χ1n) is 19.2. The smallest absolute Gasteiger partial charge is 0.245 e. The number of nitrogens with zero attached hydrogens (tertiary/aromatic N) is 5. The first-order valence-corrected chi connectivity index (χ1v) is 22.1. The molecular formula is C40H56ClN7O4S2. The summed E-state index contributed by atoms with van der Waals surface area (Å²) in [6, 6.07) is 13.7. The van der Waals surface area contributed by atoms with E-state index in [1.165, 1.54) is 81.0 Å². The quantitative estimate of drug-likeness (QED) is 0.0309. The summed E-state index contributed by atoms with van der Waals surface area (Å²) >= 11 is 7.44. The van der Waals surface area contributed by atoms with E-state index in [9.17, 15) is 18.0 Å². The molecule has 0 bridgehead atoms. The summed E-state index contributed by atoms with van der Waals surface area (Å²) in [5.74, 6) is -1.08. The molecule has 0 spiro atoms. The van der Waals surface area contributed by atoms with Gasteiger partial charge in [-0.1, -0.05) is 132 Å².